The van der Waals surface area contributed by atoms with Gasteiger partial charge >= 0.3 is 0 Å². The molecule has 0 saturated carbocycles. The number of hydrogen-bond donors (Lipinski definition) is 0. The molecule has 102 valence electrons. The number of nitrogens with zero attached hydrogens (tertiary/aromatic N) is 1. The highest BCUT2D eigenvalue weighted by Crippen LogP contribution is 2.33. The van der Waals surface area contributed by atoms with E-state index in [1.807, 2.05) is 17.0 Å². The van der Waals surface area contributed by atoms with Crippen LogP contribution in [0.15, 0.2) is 18.2 Å². The second-order valence-corrected chi connectivity index (χ2v) is 5.48. The van der Waals surface area contributed by atoms with Crippen molar-refractivity contribution in [1.82, 2.24) is 4.90 Å². The van der Waals surface area contributed by atoms with E-state index in [0.29, 0.717) is 16.5 Å². The van der Waals surface area contributed by atoms with Crippen molar-refractivity contribution >= 4 is 23.3 Å². The molecular formula is C15H18ClNO2. The van der Waals surface area contributed by atoms with Crippen molar-refractivity contribution in [3.05, 3.63) is 34.3 Å². The van der Waals surface area contributed by atoms with E-state index in [4.69, 9.17) is 11.6 Å². The fraction of sp³-hybridized carbons (Fsp3) is 0.467. The number of likely N-dealkylation sites (tertiary alicyclic amines) is 1. The van der Waals surface area contributed by atoms with Gasteiger partial charge in [-0.25, -0.2) is 0 Å². The number of amides is 1. The molecule has 1 heterocycles. The lowest BCUT2D eigenvalue weighted by Crippen LogP contribution is -2.36. The zero-order valence-corrected chi connectivity index (χ0v) is 12.0. The lowest BCUT2D eigenvalue weighted by atomic mass is 9.88. The van der Waals surface area contributed by atoms with Gasteiger partial charge in [0.25, 0.3) is 0 Å². The monoisotopic (exact) mass is 279 g/mol. The van der Waals surface area contributed by atoms with Crippen LogP contribution >= 0.6 is 11.6 Å². The molecule has 1 aliphatic rings. The molecule has 3 nitrogen and oxygen atoms in total. The Bertz CT molecular complexity index is 505. The van der Waals surface area contributed by atoms with Crippen LogP contribution in [0.3, 0.4) is 0 Å². The molecule has 0 aliphatic carbocycles. The van der Waals surface area contributed by atoms with Gasteiger partial charge in [0.1, 0.15) is 0 Å². The third kappa shape index (κ3) is 3.16. The van der Waals surface area contributed by atoms with Crippen molar-refractivity contribution in [1.29, 1.82) is 0 Å². The minimum atomic E-state index is 0.0276. The molecule has 0 N–H and O–H groups in total. The molecule has 0 unspecified atom stereocenters. The van der Waals surface area contributed by atoms with Crippen LogP contribution in [0.1, 0.15) is 48.5 Å². The average Bonchev–Trinajstić information content (AvgIpc) is 2.38. The van der Waals surface area contributed by atoms with E-state index in [1.165, 1.54) is 6.92 Å². The predicted molar refractivity (Wildman–Crippen MR) is 75.7 cm³/mol. The Kier molecular flexibility index (Phi) is 4.25. The van der Waals surface area contributed by atoms with Crippen LogP contribution in [-0.2, 0) is 4.79 Å². The van der Waals surface area contributed by atoms with E-state index < -0.39 is 0 Å². The van der Waals surface area contributed by atoms with Crippen molar-refractivity contribution in [3.63, 3.8) is 0 Å². The normalized spacial score (nSPS) is 16.5. The maximum absolute atomic E-state index is 11.3. The Labute approximate surface area is 118 Å². The topological polar surface area (TPSA) is 37.4 Å². The van der Waals surface area contributed by atoms with Crippen LogP contribution in [0.5, 0.6) is 0 Å². The number of rotatable bonds is 2. The number of piperidine rings is 1. The lowest BCUT2D eigenvalue weighted by molar-refractivity contribution is -0.129. The van der Waals surface area contributed by atoms with Gasteiger partial charge in [0, 0.05) is 30.6 Å². The first-order valence-corrected chi connectivity index (χ1v) is 6.92. The molecule has 1 saturated heterocycles. The number of benzene rings is 1. The van der Waals surface area contributed by atoms with Gasteiger partial charge in [-0.1, -0.05) is 23.7 Å². The molecule has 0 aromatic heterocycles. The molecule has 2 rings (SSSR count). The third-order valence-electron chi connectivity index (χ3n) is 3.79. The van der Waals surface area contributed by atoms with Crippen molar-refractivity contribution in [2.24, 2.45) is 0 Å². The van der Waals surface area contributed by atoms with Crippen molar-refractivity contribution in [2.75, 3.05) is 13.1 Å². The summed E-state index contributed by atoms with van der Waals surface area (Å²) >= 11 is 6.27. The first-order valence-electron chi connectivity index (χ1n) is 6.55. The molecule has 0 atom stereocenters. The fourth-order valence-electron chi connectivity index (χ4n) is 2.58. The van der Waals surface area contributed by atoms with Gasteiger partial charge in [-0.3, -0.25) is 9.59 Å². The quantitative estimate of drug-likeness (QED) is 0.779. The lowest BCUT2D eigenvalue weighted by Gasteiger charge is -2.32. The molecule has 0 bridgehead atoms. The van der Waals surface area contributed by atoms with Crippen LogP contribution in [0.2, 0.25) is 5.02 Å². The highest BCUT2D eigenvalue weighted by atomic mass is 35.5. The van der Waals surface area contributed by atoms with Crippen LogP contribution in [0.25, 0.3) is 0 Å². The first-order chi connectivity index (χ1) is 8.99. The van der Waals surface area contributed by atoms with Crippen molar-refractivity contribution < 1.29 is 9.59 Å². The van der Waals surface area contributed by atoms with Crippen LogP contribution < -0.4 is 0 Å². The smallest absolute Gasteiger partial charge is 0.219 e. The van der Waals surface area contributed by atoms with Crippen LogP contribution in [-0.4, -0.2) is 29.7 Å². The third-order valence-corrected chi connectivity index (χ3v) is 4.11. The number of hydrogen-bond acceptors (Lipinski definition) is 2. The summed E-state index contributed by atoms with van der Waals surface area (Å²) in [5.41, 5.74) is 1.74. The summed E-state index contributed by atoms with van der Waals surface area (Å²) in [6, 6.07) is 5.53. The van der Waals surface area contributed by atoms with E-state index in [9.17, 15) is 9.59 Å². The van der Waals surface area contributed by atoms with Gasteiger partial charge in [-0.05, 0) is 37.3 Å². The number of ketones is 1. The van der Waals surface area contributed by atoms with Gasteiger partial charge in [-0.15, -0.1) is 0 Å². The van der Waals surface area contributed by atoms with Gasteiger partial charge in [-0.2, -0.15) is 0 Å². The second-order valence-electron chi connectivity index (χ2n) is 5.07. The highest BCUT2D eigenvalue weighted by Gasteiger charge is 2.23. The molecule has 1 fully saturated rings. The number of carbonyl (C=O) groups excluding carboxylic acids is 2. The first kappa shape index (κ1) is 14.1. The molecule has 1 aliphatic heterocycles. The zero-order valence-electron chi connectivity index (χ0n) is 11.3. The van der Waals surface area contributed by atoms with Crippen molar-refractivity contribution in [2.45, 2.75) is 32.6 Å². The van der Waals surface area contributed by atoms with E-state index in [0.717, 1.165) is 31.5 Å². The van der Waals surface area contributed by atoms with E-state index in [1.54, 1.807) is 13.0 Å². The maximum atomic E-state index is 11.3. The molecule has 1 aromatic rings. The molecule has 0 spiro atoms. The Morgan fingerprint density at radius 3 is 2.32 bits per heavy atom. The summed E-state index contributed by atoms with van der Waals surface area (Å²) in [6.45, 7) is 4.71. The number of halogens is 1. The largest absolute Gasteiger partial charge is 0.343 e. The summed E-state index contributed by atoms with van der Waals surface area (Å²) in [6.07, 6.45) is 1.86. The zero-order chi connectivity index (χ0) is 14.0. The summed E-state index contributed by atoms with van der Waals surface area (Å²) in [7, 11) is 0. The minimum absolute atomic E-state index is 0.0276. The van der Waals surface area contributed by atoms with Gasteiger partial charge in [0.05, 0.1) is 0 Å². The molecule has 4 heteroatoms. The van der Waals surface area contributed by atoms with Gasteiger partial charge in [0.2, 0.25) is 5.91 Å². The summed E-state index contributed by atoms with van der Waals surface area (Å²) in [5.74, 6) is 0.542. The standard InChI is InChI=1S/C15H18ClNO2/c1-10(18)13-3-4-14(15(16)9-13)12-5-7-17(8-6-12)11(2)19/h3-4,9,12H,5-8H2,1-2H3. The molecule has 1 amide bonds. The van der Waals surface area contributed by atoms with E-state index >= 15 is 0 Å². The molecule has 0 radical (unpaired) electrons. The highest BCUT2D eigenvalue weighted by molar-refractivity contribution is 6.31. The Morgan fingerprint density at radius 2 is 1.84 bits per heavy atom. The van der Waals surface area contributed by atoms with Gasteiger partial charge in [0.15, 0.2) is 5.78 Å². The Morgan fingerprint density at radius 1 is 1.21 bits per heavy atom. The van der Waals surface area contributed by atoms with E-state index in [2.05, 4.69) is 0 Å². The average molecular weight is 280 g/mol. The van der Waals surface area contributed by atoms with Crippen LogP contribution in [0, 0.1) is 0 Å². The Balaban J connectivity index is 2.11. The van der Waals surface area contributed by atoms with Gasteiger partial charge < -0.3 is 4.90 Å². The predicted octanol–water partition coefficient (Wildman–Crippen LogP) is 3.27. The van der Waals surface area contributed by atoms with Crippen molar-refractivity contribution in [3.8, 4) is 0 Å². The number of Topliss-reactive ketones (excluding diaryl/α,β-unsaturated/α-hetero) is 1. The minimum Gasteiger partial charge on any atom is -0.343 e. The second kappa shape index (κ2) is 5.74. The SMILES string of the molecule is CC(=O)c1ccc(C2CCN(C(C)=O)CC2)c(Cl)c1. The molecule has 1 aromatic carbocycles. The summed E-state index contributed by atoms with van der Waals surface area (Å²) < 4.78 is 0. The fourth-order valence-corrected chi connectivity index (χ4v) is 2.92. The molecular weight excluding hydrogens is 262 g/mol. The maximum Gasteiger partial charge on any atom is 0.219 e. The Hall–Kier alpha value is -1.35. The summed E-state index contributed by atoms with van der Waals surface area (Å²) in [4.78, 5) is 24.5. The van der Waals surface area contributed by atoms with Crippen LogP contribution in [0.4, 0.5) is 0 Å². The van der Waals surface area contributed by atoms with E-state index in [-0.39, 0.29) is 11.7 Å². The number of carbonyl (C=O) groups is 2. The summed E-state index contributed by atoms with van der Waals surface area (Å²) in [5, 5.41) is 0.661. The molecule has 19 heavy (non-hydrogen) atoms.